The van der Waals surface area contributed by atoms with E-state index in [2.05, 4.69) is 63.4 Å². The number of rotatable bonds is 3. The zero-order valence-corrected chi connectivity index (χ0v) is 13.3. The summed E-state index contributed by atoms with van der Waals surface area (Å²) in [6, 6.07) is 0. The third-order valence-electron chi connectivity index (χ3n) is 2.11. The van der Waals surface area contributed by atoms with Crippen LogP contribution in [0.2, 0.25) is 0 Å². The van der Waals surface area contributed by atoms with Crippen molar-refractivity contribution in [1.29, 1.82) is 0 Å². The fourth-order valence-electron chi connectivity index (χ4n) is 1.11. The van der Waals surface area contributed by atoms with E-state index in [1.807, 2.05) is 11.8 Å². The number of thiazole rings is 1. The molecule has 1 aromatic rings. The van der Waals surface area contributed by atoms with Gasteiger partial charge in [0.2, 0.25) is 0 Å². The van der Waals surface area contributed by atoms with Gasteiger partial charge in [-0.15, -0.1) is 23.1 Å². The van der Waals surface area contributed by atoms with E-state index in [0.717, 1.165) is 10.8 Å². The van der Waals surface area contributed by atoms with Crippen molar-refractivity contribution < 1.29 is 0 Å². The lowest BCUT2D eigenvalue weighted by atomic mass is 9.93. The summed E-state index contributed by atoms with van der Waals surface area (Å²) < 4.78 is 0. The van der Waals surface area contributed by atoms with Gasteiger partial charge in [-0.1, -0.05) is 41.5 Å². The Morgan fingerprint density at radius 3 is 2.35 bits per heavy atom. The number of hydrogen-bond acceptors (Lipinski definition) is 3. The normalized spacial score (nSPS) is 13.5. The summed E-state index contributed by atoms with van der Waals surface area (Å²) in [7, 11) is 0. The molecule has 0 aliphatic rings. The molecule has 3 heteroatoms. The van der Waals surface area contributed by atoms with Gasteiger partial charge in [0, 0.05) is 16.5 Å². The molecule has 0 fully saturated rings. The van der Waals surface area contributed by atoms with E-state index in [-0.39, 0.29) is 5.41 Å². The van der Waals surface area contributed by atoms with E-state index in [1.54, 1.807) is 11.3 Å². The molecular weight excluding hydrogens is 246 g/mol. The van der Waals surface area contributed by atoms with Gasteiger partial charge in [-0.05, 0) is 16.9 Å². The highest BCUT2D eigenvalue weighted by Gasteiger charge is 2.16. The summed E-state index contributed by atoms with van der Waals surface area (Å²) in [5.74, 6) is 1.14. The number of aromatic nitrogens is 1. The van der Waals surface area contributed by atoms with E-state index in [9.17, 15) is 0 Å². The van der Waals surface area contributed by atoms with Gasteiger partial charge >= 0.3 is 0 Å². The Morgan fingerprint density at radius 2 is 1.88 bits per heavy atom. The van der Waals surface area contributed by atoms with Gasteiger partial charge in [0.15, 0.2) is 0 Å². The van der Waals surface area contributed by atoms with Crippen molar-refractivity contribution in [2.45, 2.75) is 47.0 Å². The molecule has 0 atom stereocenters. The van der Waals surface area contributed by atoms with Crippen LogP contribution < -0.4 is 0 Å². The zero-order chi connectivity index (χ0) is 13.1. The largest absolute Gasteiger partial charge is 0.241 e. The van der Waals surface area contributed by atoms with E-state index < -0.39 is 0 Å². The molecule has 0 amide bonds. The summed E-state index contributed by atoms with van der Waals surface area (Å²) in [4.78, 5) is 4.63. The van der Waals surface area contributed by atoms with Crippen LogP contribution in [-0.2, 0) is 5.41 Å². The molecule has 96 valence electrons. The lowest BCUT2D eigenvalue weighted by Gasteiger charge is -2.15. The molecule has 0 aliphatic heterocycles. The first kappa shape index (κ1) is 14.8. The van der Waals surface area contributed by atoms with Crippen LogP contribution in [0.25, 0.3) is 6.08 Å². The first-order valence-corrected chi connectivity index (χ1v) is 7.85. The monoisotopic (exact) mass is 269 g/mol. The van der Waals surface area contributed by atoms with E-state index in [0.29, 0.717) is 5.41 Å². The highest BCUT2D eigenvalue weighted by Crippen LogP contribution is 2.26. The summed E-state index contributed by atoms with van der Waals surface area (Å²) in [5, 5.41) is 5.43. The Morgan fingerprint density at radius 1 is 1.24 bits per heavy atom. The molecule has 1 rings (SSSR count). The summed E-state index contributed by atoms with van der Waals surface area (Å²) in [5.41, 5.74) is 1.72. The number of thioether (sulfide) groups is 1. The first-order chi connectivity index (χ1) is 7.68. The fourth-order valence-corrected chi connectivity index (χ4v) is 2.96. The van der Waals surface area contributed by atoms with Gasteiger partial charge in [0.25, 0.3) is 0 Å². The molecule has 1 aromatic heterocycles. The van der Waals surface area contributed by atoms with Crippen molar-refractivity contribution in [2.75, 3.05) is 5.75 Å². The molecular formula is C14H23NS2. The molecule has 17 heavy (non-hydrogen) atoms. The van der Waals surface area contributed by atoms with Crippen LogP contribution in [0.15, 0.2) is 10.8 Å². The van der Waals surface area contributed by atoms with Crippen molar-refractivity contribution in [3.63, 3.8) is 0 Å². The quantitative estimate of drug-likeness (QED) is 0.749. The predicted molar refractivity (Wildman–Crippen MR) is 81.8 cm³/mol. The first-order valence-electron chi connectivity index (χ1n) is 5.93. The van der Waals surface area contributed by atoms with Crippen LogP contribution >= 0.6 is 23.1 Å². The second-order valence-electron chi connectivity index (χ2n) is 6.50. The Balaban J connectivity index is 2.53. The van der Waals surface area contributed by atoms with Crippen molar-refractivity contribution >= 4 is 29.2 Å². The van der Waals surface area contributed by atoms with Crippen LogP contribution in [-0.4, -0.2) is 10.7 Å². The van der Waals surface area contributed by atoms with E-state index >= 15 is 0 Å². The Kier molecular flexibility index (Phi) is 4.85. The van der Waals surface area contributed by atoms with Crippen LogP contribution in [0.4, 0.5) is 0 Å². The third-order valence-corrected chi connectivity index (χ3v) is 4.28. The molecule has 0 bridgehead atoms. The van der Waals surface area contributed by atoms with Gasteiger partial charge in [-0.2, -0.15) is 0 Å². The number of nitrogens with zero attached hydrogens (tertiary/aromatic N) is 1. The minimum absolute atomic E-state index is 0.154. The van der Waals surface area contributed by atoms with Crippen molar-refractivity contribution in [2.24, 2.45) is 5.41 Å². The van der Waals surface area contributed by atoms with Gasteiger partial charge in [-0.25, -0.2) is 4.98 Å². The van der Waals surface area contributed by atoms with Crippen LogP contribution in [0.5, 0.6) is 0 Å². The van der Waals surface area contributed by atoms with Gasteiger partial charge in [0.1, 0.15) is 5.01 Å². The maximum absolute atomic E-state index is 4.63. The standard InChI is InChI=1S/C14H23NS2/c1-13(2,3)10-16-8-7-12-15-11(9-17-12)14(4,5)6/h7-9H,10H2,1-6H3. The van der Waals surface area contributed by atoms with E-state index in [1.165, 1.54) is 5.69 Å². The summed E-state index contributed by atoms with van der Waals surface area (Å²) in [6.07, 6.45) is 2.12. The highest BCUT2D eigenvalue weighted by atomic mass is 32.2. The second-order valence-corrected chi connectivity index (χ2v) is 8.28. The molecule has 0 aliphatic carbocycles. The van der Waals surface area contributed by atoms with Crippen molar-refractivity contribution in [3.05, 3.63) is 21.5 Å². The number of hydrogen-bond donors (Lipinski definition) is 0. The van der Waals surface area contributed by atoms with Crippen molar-refractivity contribution in [1.82, 2.24) is 4.98 Å². The van der Waals surface area contributed by atoms with Crippen molar-refractivity contribution in [3.8, 4) is 0 Å². The molecule has 0 radical (unpaired) electrons. The van der Waals surface area contributed by atoms with Crippen LogP contribution in [0.1, 0.15) is 52.2 Å². The molecule has 0 N–H and O–H groups in total. The summed E-state index contributed by atoms with van der Waals surface area (Å²) in [6.45, 7) is 13.4. The predicted octanol–water partition coefficient (Wildman–Crippen LogP) is 5.19. The third kappa shape index (κ3) is 5.73. The Hall–Kier alpha value is -0.280. The smallest absolute Gasteiger partial charge is 0.116 e. The molecule has 0 spiro atoms. The van der Waals surface area contributed by atoms with Gasteiger partial charge in [-0.3, -0.25) is 0 Å². The fraction of sp³-hybridized carbons (Fsp3) is 0.643. The van der Waals surface area contributed by atoms with E-state index in [4.69, 9.17) is 0 Å². The Bertz CT molecular complexity index is 378. The minimum atomic E-state index is 0.154. The topological polar surface area (TPSA) is 12.9 Å². The van der Waals surface area contributed by atoms with Crippen LogP contribution in [0, 0.1) is 5.41 Å². The lowest BCUT2D eigenvalue weighted by Crippen LogP contribution is -2.11. The van der Waals surface area contributed by atoms with Crippen LogP contribution in [0.3, 0.4) is 0 Å². The van der Waals surface area contributed by atoms with Gasteiger partial charge < -0.3 is 0 Å². The molecule has 0 saturated carbocycles. The lowest BCUT2D eigenvalue weighted by molar-refractivity contribution is 0.481. The average molecular weight is 269 g/mol. The molecule has 1 nitrogen and oxygen atoms in total. The molecule has 0 aromatic carbocycles. The maximum Gasteiger partial charge on any atom is 0.116 e. The molecule has 0 saturated heterocycles. The highest BCUT2D eigenvalue weighted by molar-refractivity contribution is 8.02. The SMILES string of the molecule is CC(C)(C)CSC=Cc1nc(C(C)(C)C)cs1. The summed E-state index contributed by atoms with van der Waals surface area (Å²) >= 11 is 3.58. The maximum atomic E-state index is 4.63. The molecule has 1 heterocycles. The van der Waals surface area contributed by atoms with Gasteiger partial charge in [0.05, 0.1) is 5.69 Å². The minimum Gasteiger partial charge on any atom is -0.241 e. The zero-order valence-electron chi connectivity index (χ0n) is 11.7. The average Bonchev–Trinajstić information content (AvgIpc) is 2.58. The Labute approximate surface area is 114 Å². The second kappa shape index (κ2) is 5.57. The molecule has 0 unspecified atom stereocenters.